The quantitative estimate of drug-likeness (QED) is 0.724. The summed E-state index contributed by atoms with van der Waals surface area (Å²) in [6.07, 6.45) is 9.95. The van der Waals surface area contributed by atoms with Gasteiger partial charge in [0, 0.05) is 18.2 Å². The zero-order valence-corrected chi connectivity index (χ0v) is 9.78. The first-order chi connectivity index (χ1) is 8.00. The van der Waals surface area contributed by atoms with Crippen LogP contribution in [-0.4, -0.2) is 17.4 Å². The molecule has 0 unspecified atom stereocenters. The van der Waals surface area contributed by atoms with Gasteiger partial charge in [-0.05, 0) is 19.1 Å². The van der Waals surface area contributed by atoms with Gasteiger partial charge in [0.05, 0.1) is 5.71 Å². The van der Waals surface area contributed by atoms with Crippen molar-refractivity contribution < 1.29 is 9.59 Å². The van der Waals surface area contributed by atoms with Crippen LogP contribution >= 0.6 is 0 Å². The van der Waals surface area contributed by atoms with E-state index in [0.29, 0.717) is 11.3 Å². The summed E-state index contributed by atoms with van der Waals surface area (Å²) in [7, 11) is 0. The van der Waals surface area contributed by atoms with E-state index in [2.05, 4.69) is 5.32 Å². The minimum absolute atomic E-state index is 0.000868. The molecule has 2 N–H and O–H groups in total. The number of carbonyl (C=O) groups excluding carboxylic acids is 2. The van der Waals surface area contributed by atoms with Gasteiger partial charge in [0.25, 0.3) is 0 Å². The Balaban J connectivity index is 2.86. The van der Waals surface area contributed by atoms with Gasteiger partial charge in [-0.15, -0.1) is 0 Å². The Bertz CT molecular complexity index is 480. The Hall–Kier alpha value is -2.23. The molecule has 0 radical (unpaired) electrons. The van der Waals surface area contributed by atoms with Crippen LogP contribution in [0, 0.1) is 5.41 Å². The van der Waals surface area contributed by atoms with E-state index in [1.165, 1.54) is 13.8 Å². The summed E-state index contributed by atoms with van der Waals surface area (Å²) in [5, 5.41) is 9.92. The van der Waals surface area contributed by atoms with E-state index in [4.69, 9.17) is 5.41 Å². The van der Waals surface area contributed by atoms with Crippen molar-refractivity contribution in [1.82, 2.24) is 5.32 Å². The number of ketones is 1. The van der Waals surface area contributed by atoms with Crippen LogP contribution in [0.3, 0.4) is 0 Å². The van der Waals surface area contributed by atoms with Crippen LogP contribution in [0.5, 0.6) is 0 Å². The van der Waals surface area contributed by atoms with E-state index in [1.807, 2.05) is 0 Å². The third-order valence-corrected chi connectivity index (χ3v) is 2.03. The first kappa shape index (κ1) is 12.8. The first-order valence-electron chi connectivity index (χ1n) is 5.15. The molecular weight excluding hydrogens is 216 g/mol. The lowest BCUT2D eigenvalue weighted by Crippen LogP contribution is -2.17. The fourth-order valence-corrected chi connectivity index (χ4v) is 1.28. The minimum atomic E-state index is -0.303. The van der Waals surface area contributed by atoms with Crippen molar-refractivity contribution in [3.05, 3.63) is 47.7 Å². The average Bonchev–Trinajstić information content (AvgIpc) is 2.20. The van der Waals surface area contributed by atoms with Crippen LogP contribution in [0.25, 0.3) is 0 Å². The topological polar surface area (TPSA) is 70.0 Å². The molecule has 0 bridgehead atoms. The summed E-state index contributed by atoms with van der Waals surface area (Å²) in [5.74, 6) is -0.451. The van der Waals surface area contributed by atoms with Crippen molar-refractivity contribution in [2.45, 2.75) is 13.8 Å². The number of hydrogen-bond donors (Lipinski definition) is 2. The zero-order chi connectivity index (χ0) is 12.8. The maximum atomic E-state index is 11.6. The fraction of sp³-hybridized carbons (Fsp3) is 0.154. The van der Waals surface area contributed by atoms with E-state index in [0.717, 1.165) is 0 Å². The molecule has 1 amide bonds. The third kappa shape index (κ3) is 4.03. The molecule has 4 heteroatoms. The Morgan fingerprint density at radius 3 is 2.35 bits per heavy atom. The van der Waals surface area contributed by atoms with E-state index >= 15 is 0 Å². The van der Waals surface area contributed by atoms with Gasteiger partial charge in [-0.2, -0.15) is 0 Å². The van der Waals surface area contributed by atoms with Gasteiger partial charge in [-0.3, -0.25) is 9.59 Å². The summed E-state index contributed by atoms with van der Waals surface area (Å²) in [6.45, 7) is 2.89. The fourth-order valence-electron chi connectivity index (χ4n) is 1.28. The molecule has 1 rings (SSSR count). The van der Waals surface area contributed by atoms with Gasteiger partial charge in [0.15, 0.2) is 0 Å². The molecule has 0 aromatic heterocycles. The van der Waals surface area contributed by atoms with Crippen LogP contribution in [0.2, 0.25) is 0 Å². The van der Waals surface area contributed by atoms with Crippen molar-refractivity contribution in [2.24, 2.45) is 0 Å². The number of hydrogen-bond acceptors (Lipinski definition) is 3. The van der Waals surface area contributed by atoms with Crippen molar-refractivity contribution in [3.8, 4) is 0 Å². The van der Waals surface area contributed by atoms with Crippen LogP contribution < -0.4 is 5.32 Å². The molecule has 0 heterocycles. The van der Waals surface area contributed by atoms with E-state index in [1.54, 1.807) is 36.5 Å². The molecule has 0 aliphatic heterocycles. The summed E-state index contributed by atoms with van der Waals surface area (Å²) >= 11 is 0. The Labute approximate surface area is 99.9 Å². The summed E-state index contributed by atoms with van der Waals surface area (Å²) in [5.41, 5.74) is 1.11. The summed E-state index contributed by atoms with van der Waals surface area (Å²) in [4.78, 5) is 22.4. The van der Waals surface area contributed by atoms with Crippen molar-refractivity contribution in [2.75, 3.05) is 0 Å². The standard InChI is InChI=1S/C13H14N2O2/c1-9(14)13(17)11-5-3-7-12(8-4-6-11)15-10(2)16/h3-8,14H,1-2H3,(H,15,16)/b5-3-,6-4?,7-3?,8-4-,11-5?,11-6+,12-7+,12-8?,14-9?. The highest BCUT2D eigenvalue weighted by Gasteiger charge is 2.08. The van der Waals surface area contributed by atoms with E-state index in [-0.39, 0.29) is 17.4 Å². The molecule has 0 aromatic rings. The van der Waals surface area contributed by atoms with E-state index < -0.39 is 0 Å². The normalized spacial score (nSPS) is 24.1. The van der Waals surface area contributed by atoms with Crippen LogP contribution in [0.1, 0.15) is 13.8 Å². The number of carbonyl (C=O) groups is 2. The monoisotopic (exact) mass is 230 g/mol. The lowest BCUT2D eigenvalue weighted by atomic mass is 10.1. The van der Waals surface area contributed by atoms with Crippen molar-refractivity contribution in [3.63, 3.8) is 0 Å². The molecule has 0 saturated heterocycles. The lowest BCUT2D eigenvalue weighted by Gasteiger charge is -2.04. The molecule has 0 spiro atoms. The van der Waals surface area contributed by atoms with Crippen LogP contribution in [0.15, 0.2) is 47.7 Å². The van der Waals surface area contributed by atoms with E-state index in [9.17, 15) is 9.59 Å². The van der Waals surface area contributed by atoms with Gasteiger partial charge < -0.3 is 10.7 Å². The molecule has 1 aliphatic rings. The molecule has 0 saturated carbocycles. The first-order valence-corrected chi connectivity index (χ1v) is 5.15. The molecule has 1 aliphatic carbocycles. The molecule has 0 aromatic carbocycles. The molecule has 88 valence electrons. The number of rotatable bonds is 3. The van der Waals surface area contributed by atoms with Gasteiger partial charge in [0.1, 0.15) is 0 Å². The second-order valence-corrected chi connectivity index (χ2v) is 3.60. The Morgan fingerprint density at radius 1 is 1.12 bits per heavy atom. The molecule has 0 atom stereocenters. The maximum Gasteiger partial charge on any atom is 0.221 e. The second kappa shape index (κ2) is 5.75. The van der Waals surface area contributed by atoms with Crippen molar-refractivity contribution in [1.29, 1.82) is 5.41 Å². The highest BCUT2D eigenvalue weighted by Crippen LogP contribution is 2.06. The zero-order valence-electron chi connectivity index (χ0n) is 9.78. The predicted octanol–water partition coefficient (Wildman–Crippen LogP) is 1.67. The largest absolute Gasteiger partial charge is 0.326 e. The van der Waals surface area contributed by atoms with Gasteiger partial charge in [-0.1, -0.05) is 24.3 Å². The predicted molar refractivity (Wildman–Crippen MR) is 66.7 cm³/mol. The van der Waals surface area contributed by atoms with Gasteiger partial charge in [-0.25, -0.2) is 0 Å². The number of nitrogens with one attached hydrogen (secondary N) is 2. The number of allylic oxidation sites excluding steroid dienone is 7. The number of amides is 1. The number of Topliss-reactive ketones (excluding diaryl/α,β-unsaturated/α-hetero) is 1. The Kier molecular flexibility index (Phi) is 4.34. The highest BCUT2D eigenvalue weighted by atomic mass is 16.1. The summed E-state index contributed by atoms with van der Waals surface area (Å²) < 4.78 is 0. The molecule has 17 heavy (non-hydrogen) atoms. The van der Waals surface area contributed by atoms with Gasteiger partial charge >= 0.3 is 0 Å². The average molecular weight is 230 g/mol. The van der Waals surface area contributed by atoms with Crippen LogP contribution in [-0.2, 0) is 9.59 Å². The molecule has 0 fully saturated rings. The second-order valence-electron chi connectivity index (χ2n) is 3.60. The highest BCUT2D eigenvalue weighted by molar-refractivity contribution is 6.44. The lowest BCUT2D eigenvalue weighted by molar-refractivity contribution is -0.118. The summed E-state index contributed by atoms with van der Waals surface area (Å²) in [6, 6.07) is 0. The minimum Gasteiger partial charge on any atom is -0.326 e. The molecule has 4 nitrogen and oxygen atoms in total. The smallest absolute Gasteiger partial charge is 0.221 e. The Morgan fingerprint density at radius 2 is 1.76 bits per heavy atom. The SMILES string of the molecule is CC(=N)C(=O)C1=C/C=C\C(NC(C)=O)=C/C=C\1. The maximum absolute atomic E-state index is 11.6. The molecular formula is C13H14N2O2. The van der Waals surface area contributed by atoms with Crippen LogP contribution in [0.4, 0.5) is 0 Å². The van der Waals surface area contributed by atoms with Gasteiger partial charge in [0.2, 0.25) is 11.7 Å². The third-order valence-electron chi connectivity index (χ3n) is 2.03. The van der Waals surface area contributed by atoms with Crippen molar-refractivity contribution >= 4 is 17.4 Å².